The zero-order valence-corrected chi connectivity index (χ0v) is 8.14. The van der Waals surface area contributed by atoms with Crippen LogP contribution in [0.25, 0.3) is 20.2 Å². The van der Waals surface area contributed by atoms with Gasteiger partial charge in [0.05, 0.1) is 0 Å². The number of fused-ring (bicyclic) bond motifs is 3. The van der Waals surface area contributed by atoms with Crippen LogP contribution in [0.2, 0.25) is 0 Å². The minimum absolute atomic E-state index is 0.163. The molecule has 68 valence electrons. The quantitative estimate of drug-likeness (QED) is 0.512. The molecule has 0 aliphatic rings. The highest BCUT2D eigenvalue weighted by Gasteiger charge is 2.03. The van der Waals surface area contributed by atoms with Gasteiger partial charge in [-0.15, -0.1) is 11.3 Å². The van der Waals surface area contributed by atoms with E-state index in [4.69, 9.17) is 0 Å². The SMILES string of the molecule is Fc1ccc2c(c1)sc1ccccc12. The number of hydrogen-bond donors (Lipinski definition) is 0. The van der Waals surface area contributed by atoms with E-state index >= 15 is 0 Å². The van der Waals surface area contributed by atoms with Crippen LogP contribution in [0, 0.1) is 5.82 Å². The molecular formula is C12H7FS. The van der Waals surface area contributed by atoms with Gasteiger partial charge >= 0.3 is 0 Å². The molecule has 0 unspecified atom stereocenters. The molecule has 1 aromatic heterocycles. The third kappa shape index (κ3) is 1.04. The Balaban J connectivity index is 2.57. The highest BCUT2D eigenvalue weighted by Crippen LogP contribution is 2.33. The van der Waals surface area contributed by atoms with Gasteiger partial charge in [0.25, 0.3) is 0 Å². The lowest BCUT2D eigenvalue weighted by atomic mass is 10.1. The summed E-state index contributed by atoms with van der Waals surface area (Å²) in [5, 5.41) is 2.36. The molecule has 0 saturated heterocycles. The van der Waals surface area contributed by atoms with Gasteiger partial charge in [-0.1, -0.05) is 24.3 Å². The van der Waals surface area contributed by atoms with E-state index in [1.165, 1.54) is 16.2 Å². The first-order chi connectivity index (χ1) is 6.84. The Morgan fingerprint density at radius 2 is 1.64 bits per heavy atom. The maximum atomic E-state index is 13.0. The second-order valence-electron chi connectivity index (χ2n) is 3.24. The molecule has 2 heteroatoms. The van der Waals surface area contributed by atoms with Gasteiger partial charge in [0.15, 0.2) is 0 Å². The van der Waals surface area contributed by atoms with Crippen molar-refractivity contribution < 1.29 is 4.39 Å². The second-order valence-corrected chi connectivity index (χ2v) is 4.32. The fourth-order valence-corrected chi connectivity index (χ4v) is 2.83. The number of thiophene rings is 1. The van der Waals surface area contributed by atoms with Crippen LogP contribution >= 0.6 is 11.3 Å². The van der Waals surface area contributed by atoms with Crippen LogP contribution in [0.4, 0.5) is 4.39 Å². The summed E-state index contributed by atoms with van der Waals surface area (Å²) in [6, 6.07) is 13.1. The normalized spacial score (nSPS) is 11.2. The van der Waals surface area contributed by atoms with Gasteiger partial charge in [-0.05, 0) is 18.2 Å². The summed E-state index contributed by atoms with van der Waals surface area (Å²) < 4.78 is 15.2. The third-order valence-corrected chi connectivity index (χ3v) is 3.47. The van der Waals surface area contributed by atoms with Gasteiger partial charge in [-0.2, -0.15) is 0 Å². The summed E-state index contributed by atoms with van der Waals surface area (Å²) >= 11 is 1.64. The van der Waals surface area contributed by atoms with Crippen LogP contribution in [0.15, 0.2) is 42.5 Å². The van der Waals surface area contributed by atoms with Crippen LogP contribution < -0.4 is 0 Å². The first-order valence-electron chi connectivity index (χ1n) is 4.41. The molecule has 0 atom stereocenters. The molecule has 0 N–H and O–H groups in total. The predicted molar refractivity (Wildman–Crippen MR) is 59.3 cm³/mol. The van der Waals surface area contributed by atoms with Crippen molar-refractivity contribution in [2.75, 3.05) is 0 Å². The molecular weight excluding hydrogens is 195 g/mol. The van der Waals surface area contributed by atoms with Crippen molar-refractivity contribution in [3.8, 4) is 0 Å². The Labute approximate surface area is 84.6 Å². The van der Waals surface area contributed by atoms with Gasteiger partial charge in [0, 0.05) is 20.2 Å². The number of hydrogen-bond acceptors (Lipinski definition) is 1. The zero-order chi connectivity index (χ0) is 9.54. The topological polar surface area (TPSA) is 0 Å². The standard InChI is InChI=1S/C12H7FS/c13-8-5-6-10-9-3-1-2-4-11(9)14-12(10)7-8/h1-7H. The predicted octanol–water partition coefficient (Wildman–Crippen LogP) is 4.19. The van der Waals surface area contributed by atoms with Crippen LogP contribution in [0.5, 0.6) is 0 Å². The van der Waals surface area contributed by atoms with E-state index in [0.29, 0.717) is 0 Å². The van der Waals surface area contributed by atoms with Gasteiger partial charge < -0.3 is 0 Å². The molecule has 0 aliphatic heterocycles. The first-order valence-corrected chi connectivity index (χ1v) is 5.23. The Hall–Kier alpha value is -1.41. The van der Waals surface area contributed by atoms with E-state index in [2.05, 4.69) is 12.1 Å². The summed E-state index contributed by atoms with van der Waals surface area (Å²) in [5.74, 6) is -0.163. The first kappa shape index (κ1) is 7.94. The monoisotopic (exact) mass is 202 g/mol. The average Bonchev–Trinajstić information content (AvgIpc) is 2.54. The van der Waals surface area contributed by atoms with Crippen LogP contribution in [-0.2, 0) is 0 Å². The highest BCUT2D eigenvalue weighted by atomic mass is 32.1. The highest BCUT2D eigenvalue weighted by molar-refractivity contribution is 7.25. The van der Waals surface area contributed by atoms with E-state index in [0.717, 1.165) is 10.1 Å². The lowest BCUT2D eigenvalue weighted by Gasteiger charge is -1.90. The molecule has 0 amide bonds. The molecule has 0 fully saturated rings. The number of halogens is 1. The molecule has 0 bridgehead atoms. The smallest absolute Gasteiger partial charge is 0.124 e. The van der Waals surface area contributed by atoms with Gasteiger partial charge in [-0.3, -0.25) is 0 Å². The minimum atomic E-state index is -0.163. The van der Waals surface area contributed by atoms with Crippen molar-refractivity contribution in [1.29, 1.82) is 0 Å². The number of rotatable bonds is 0. The summed E-state index contributed by atoms with van der Waals surface area (Å²) in [6.07, 6.45) is 0. The summed E-state index contributed by atoms with van der Waals surface area (Å²) in [4.78, 5) is 0. The van der Waals surface area contributed by atoms with Crippen LogP contribution in [0.3, 0.4) is 0 Å². The Bertz CT molecular complexity index is 610. The second kappa shape index (κ2) is 2.79. The molecule has 0 nitrogen and oxygen atoms in total. The minimum Gasteiger partial charge on any atom is -0.207 e. The fraction of sp³-hybridized carbons (Fsp3) is 0. The fourth-order valence-electron chi connectivity index (χ4n) is 1.70. The Kier molecular flexibility index (Phi) is 1.58. The van der Waals surface area contributed by atoms with E-state index in [-0.39, 0.29) is 5.82 Å². The summed E-state index contributed by atoms with van der Waals surface area (Å²) in [5.41, 5.74) is 0. The third-order valence-electron chi connectivity index (χ3n) is 2.34. The Morgan fingerprint density at radius 3 is 2.57 bits per heavy atom. The lowest BCUT2D eigenvalue weighted by molar-refractivity contribution is 0.630. The van der Waals surface area contributed by atoms with Crippen LogP contribution in [-0.4, -0.2) is 0 Å². The van der Waals surface area contributed by atoms with E-state index < -0.39 is 0 Å². The zero-order valence-electron chi connectivity index (χ0n) is 7.33. The molecule has 0 spiro atoms. The van der Waals surface area contributed by atoms with Crippen molar-refractivity contribution in [2.45, 2.75) is 0 Å². The molecule has 3 rings (SSSR count). The molecule has 3 aromatic rings. The maximum Gasteiger partial charge on any atom is 0.124 e. The van der Waals surface area contributed by atoms with E-state index in [9.17, 15) is 4.39 Å². The molecule has 1 heterocycles. The van der Waals surface area contributed by atoms with Crippen molar-refractivity contribution in [1.82, 2.24) is 0 Å². The van der Waals surface area contributed by atoms with Gasteiger partial charge in [0.1, 0.15) is 5.82 Å². The van der Waals surface area contributed by atoms with Gasteiger partial charge in [0.2, 0.25) is 0 Å². The van der Waals surface area contributed by atoms with Crippen molar-refractivity contribution in [3.63, 3.8) is 0 Å². The van der Waals surface area contributed by atoms with Crippen molar-refractivity contribution in [3.05, 3.63) is 48.3 Å². The van der Waals surface area contributed by atoms with Gasteiger partial charge in [-0.25, -0.2) is 4.39 Å². The van der Waals surface area contributed by atoms with Crippen LogP contribution in [0.1, 0.15) is 0 Å². The molecule has 2 aromatic carbocycles. The molecule has 0 aliphatic carbocycles. The lowest BCUT2D eigenvalue weighted by Crippen LogP contribution is -1.69. The van der Waals surface area contributed by atoms with E-state index in [1.54, 1.807) is 17.4 Å². The van der Waals surface area contributed by atoms with Crippen molar-refractivity contribution >= 4 is 31.5 Å². The maximum absolute atomic E-state index is 13.0. The molecule has 0 saturated carbocycles. The van der Waals surface area contributed by atoms with Crippen molar-refractivity contribution in [2.24, 2.45) is 0 Å². The Morgan fingerprint density at radius 1 is 0.857 bits per heavy atom. The summed E-state index contributed by atoms with van der Waals surface area (Å²) in [6.45, 7) is 0. The summed E-state index contributed by atoms with van der Waals surface area (Å²) in [7, 11) is 0. The largest absolute Gasteiger partial charge is 0.207 e. The van der Waals surface area contributed by atoms with E-state index in [1.807, 2.05) is 18.2 Å². The number of benzene rings is 2. The average molecular weight is 202 g/mol. The molecule has 14 heavy (non-hydrogen) atoms. The molecule has 0 radical (unpaired) electrons.